The lowest BCUT2D eigenvalue weighted by Gasteiger charge is -2.27. The van der Waals surface area contributed by atoms with Crippen LogP contribution in [0, 0.1) is 17.3 Å². The van der Waals surface area contributed by atoms with E-state index in [1.54, 1.807) is 6.20 Å². The van der Waals surface area contributed by atoms with Crippen molar-refractivity contribution in [2.24, 2.45) is 17.3 Å². The number of carbonyl (C=O) groups excluding carboxylic acids is 2. The maximum atomic E-state index is 12.7. The number of ether oxygens (including phenoxy) is 1. The number of H-pyrrole nitrogens is 1. The van der Waals surface area contributed by atoms with Crippen LogP contribution in [0.15, 0.2) is 36.5 Å². The van der Waals surface area contributed by atoms with Gasteiger partial charge < -0.3 is 15.0 Å². The molecule has 180 valence electrons. The van der Waals surface area contributed by atoms with Crippen LogP contribution in [0.25, 0.3) is 0 Å². The van der Waals surface area contributed by atoms with Gasteiger partial charge in [-0.25, -0.2) is 10.0 Å². The van der Waals surface area contributed by atoms with Gasteiger partial charge in [0.2, 0.25) is 12.3 Å². The van der Waals surface area contributed by atoms with Crippen LogP contribution in [0.1, 0.15) is 57.5 Å². The lowest BCUT2D eigenvalue weighted by Crippen LogP contribution is -2.38. The predicted molar refractivity (Wildman–Crippen MR) is 124 cm³/mol. The van der Waals surface area contributed by atoms with E-state index in [-0.39, 0.29) is 23.8 Å². The van der Waals surface area contributed by atoms with E-state index in [0.29, 0.717) is 43.4 Å². The normalized spacial score (nSPS) is 15.2. The number of nitrogens with zero attached hydrogens (tertiary/aromatic N) is 2. The lowest BCUT2D eigenvalue weighted by atomic mass is 9.86. The van der Waals surface area contributed by atoms with E-state index in [2.05, 4.69) is 29.1 Å². The molecule has 1 aromatic carbocycles. The summed E-state index contributed by atoms with van der Waals surface area (Å²) in [7, 11) is 0. The smallest absolute Gasteiger partial charge is 0.233 e. The molecule has 2 aromatic rings. The summed E-state index contributed by atoms with van der Waals surface area (Å²) in [6.07, 6.45) is 7.56. The summed E-state index contributed by atoms with van der Waals surface area (Å²) >= 11 is 0. The first kappa shape index (κ1) is 24.8. The van der Waals surface area contributed by atoms with Gasteiger partial charge in [0.15, 0.2) is 0 Å². The first-order valence-corrected chi connectivity index (χ1v) is 11.7. The van der Waals surface area contributed by atoms with Gasteiger partial charge in [0.05, 0.1) is 18.4 Å². The van der Waals surface area contributed by atoms with Crippen LogP contribution in [-0.4, -0.2) is 45.6 Å². The van der Waals surface area contributed by atoms with Crippen LogP contribution >= 0.6 is 0 Å². The van der Waals surface area contributed by atoms with E-state index in [1.165, 1.54) is 0 Å². The van der Waals surface area contributed by atoms with Gasteiger partial charge in [-0.2, -0.15) is 0 Å². The molecule has 3 rings (SSSR count). The fourth-order valence-corrected chi connectivity index (χ4v) is 4.50. The number of imidazole rings is 1. The second-order valence-electron chi connectivity index (χ2n) is 9.81. The summed E-state index contributed by atoms with van der Waals surface area (Å²) in [5.41, 5.74) is 0.705. The molecule has 3 N–H and O–H groups in total. The molecule has 1 atom stereocenters. The van der Waals surface area contributed by atoms with Crippen molar-refractivity contribution in [2.45, 2.75) is 59.0 Å². The lowest BCUT2D eigenvalue weighted by molar-refractivity contribution is -0.154. The molecule has 1 aromatic heterocycles. The number of benzene rings is 1. The van der Waals surface area contributed by atoms with Crippen molar-refractivity contribution in [1.82, 2.24) is 20.3 Å². The monoisotopic (exact) mass is 456 g/mol. The number of aromatic amines is 1. The topological polar surface area (TPSA) is 108 Å². The number of carbonyl (C=O) groups is 2. The van der Waals surface area contributed by atoms with Crippen LogP contribution in [0.5, 0.6) is 5.75 Å². The third kappa shape index (κ3) is 8.20. The van der Waals surface area contributed by atoms with E-state index in [1.807, 2.05) is 30.3 Å². The molecule has 8 heteroatoms. The number of hydroxylamine groups is 2. The third-order valence-corrected chi connectivity index (χ3v) is 6.29. The molecule has 0 spiro atoms. The molecule has 33 heavy (non-hydrogen) atoms. The third-order valence-electron chi connectivity index (χ3n) is 6.29. The van der Waals surface area contributed by atoms with Crippen LogP contribution in [0.3, 0.4) is 0 Å². The first-order chi connectivity index (χ1) is 15.8. The Bertz CT molecular complexity index is 878. The summed E-state index contributed by atoms with van der Waals surface area (Å²) < 4.78 is 5.76. The van der Waals surface area contributed by atoms with E-state index in [0.717, 1.165) is 43.0 Å². The van der Waals surface area contributed by atoms with Crippen LogP contribution < -0.4 is 10.1 Å². The molecule has 1 aliphatic rings. The highest BCUT2D eigenvalue weighted by atomic mass is 16.5. The number of rotatable bonds is 13. The van der Waals surface area contributed by atoms with Crippen molar-refractivity contribution in [2.75, 3.05) is 13.1 Å². The second kappa shape index (κ2) is 11.8. The molecule has 8 nitrogen and oxygen atoms in total. The maximum Gasteiger partial charge on any atom is 0.233 e. The summed E-state index contributed by atoms with van der Waals surface area (Å²) in [6.45, 7) is 5.30. The predicted octanol–water partition coefficient (Wildman–Crippen LogP) is 3.72. The highest BCUT2D eigenvalue weighted by Crippen LogP contribution is 2.33. The fourth-order valence-electron chi connectivity index (χ4n) is 4.50. The Balaban J connectivity index is 1.46. The minimum atomic E-state index is -0.195. The van der Waals surface area contributed by atoms with Crippen LogP contribution in [0.2, 0.25) is 0 Å². The molecule has 0 bridgehead atoms. The van der Waals surface area contributed by atoms with E-state index < -0.39 is 0 Å². The van der Waals surface area contributed by atoms with Gasteiger partial charge in [-0.1, -0.05) is 57.7 Å². The minimum Gasteiger partial charge on any atom is -0.487 e. The number of hydrogen-bond donors (Lipinski definition) is 3. The summed E-state index contributed by atoms with van der Waals surface area (Å²) in [5, 5.41) is 13.4. The molecule has 1 fully saturated rings. The van der Waals surface area contributed by atoms with Gasteiger partial charge in [-0.3, -0.25) is 14.8 Å². The molecule has 2 amide bonds. The Hall–Kier alpha value is -2.87. The van der Waals surface area contributed by atoms with E-state index in [4.69, 9.17) is 4.74 Å². The van der Waals surface area contributed by atoms with Gasteiger partial charge in [-0.15, -0.1) is 0 Å². The Labute approximate surface area is 195 Å². The zero-order chi connectivity index (χ0) is 23.7. The van der Waals surface area contributed by atoms with Gasteiger partial charge in [0.1, 0.15) is 18.2 Å². The number of aromatic nitrogens is 2. The number of para-hydroxylation sites is 1. The van der Waals surface area contributed by atoms with Gasteiger partial charge in [-0.05, 0) is 29.4 Å². The van der Waals surface area contributed by atoms with E-state index in [9.17, 15) is 14.8 Å². The Morgan fingerprint density at radius 1 is 1.33 bits per heavy atom. The molecule has 0 radical (unpaired) electrons. The largest absolute Gasteiger partial charge is 0.487 e. The van der Waals surface area contributed by atoms with Crippen LogP contribution in [-0.2, 0) is 22.6 Å². The molecule has 1 heterocycles. The fraction of sp³-hybridized carbons (Fsp3) is 0.560. The zero-order valence-electron chi connectivity index (χ0n) is 19.6. The zero-order valence-corrected chi connectivity index (χ0v) is 19.6. The van der Waals surface area contributed by atoms with Gasteiger partial charge in [0, 0.05) is 19.4 Å². The van der Waals surface area contributed by atoms with Gasteiger partial charge >= 0.3 is 0 Å². The highest BCUT2D eigenvalue weighted by molar-refractivity contribution is 5.76. The molecule has 0 aliphatic heterocycles. The van der Waals surface area contributed by atoms with Crippen molar-refractivity contribution < 1.29 is 19.5 Å². The van der Waals surface area contributed by atoms with Crippen molar-refractivity contribution in [3.8, 4) is 5.75 Å². The standard InChI is InChI=1S/C25H36N4O4/c1-25(2,13-23-26-14-21(28-23)16-33-22-10-4-3-5-11-22)17-27-24(31)12-20(15-29(32)18-30)19-8-6-7-9-19/h3-5,10-11,14,18-20,32H,6-9,12-13,15-17H2,1-2H3,(H,26,28)(H,27,31). The average molecular weight is 457 g/mol. The number of amides is 2. The molecule has 1 saturated carbocycles. The Morgan fingerprint density at radius 2 is 2.06 bits per heavy atom. The maximum absolute atomic E-state index is 12.7. The summed E-state index contributed by atoms with van der Waals surface area (Å²) in [6, 6.07) is 9.64. The molecular formula is C25H36N4O4. The Kier molecular flexibility index (Phi) is 8.88. The Morgan fingerprint density at radius 3 is 2.76 bits per heavy atom. The van der Waals surface area contributed by atoms with Crippen LogP contribution in [0.4, 0.5) is 0 Å². The summed E-state index contributed by atoms with van der Waals surface area (Å²) in [4.78, 5) is 31.3. The average Bonchev–Trinajstić information content (AvgIpc) is 3.49. The molecular weight excluding hydrogens is 420 g/mol. The number of nitrogens with one attached hydrogen (secondary N) is 2. The molecule has 0 saturated heterocycles. The van der Waals surface area contributed by atoms with Crippen molar-refractivity contribution in [3.63, 3.8) is 0 Å². The highest BCUT2D eigenvalue weighted by Gasteiger charge is 2.29. The minimum absolute atomic E-state index is 0.0249. The quantitative estimate of drug-likeness (QED) is 0.242. The number of hydrogen-bond acceptors (Lipinski definition) is 5. The SMILES string of the molecule is CC(C)(CNC(=O)CC(CN(O)C=O)C1CCCC1)Cc1ncc(COc2ccccc2)[nH]1. The van der Waals surface area contributed by atoms with Gasteiger partial charge in [0.25, 0.3) is 0 Å². The second-order valence-corrected chi connectivity index (χ2v) is 9.81. The van der Waals surface area contributed by atoms with Crippen molar-refractivity contribution in [3.05, 3.63) is 48.0 Å². The first-order valence-electron chi connectivity index (χ1n) is 11.7. The molecule has 1 unspecified atom stereocenters. The van der Waals surface area contributed by atoms with Crippen molar-refractivity contribution in [1.29, 1.82) is 0 Å². The van der Waals surface area contributed by atoms with E-state index >= 15 is 0 Å². The molecule has 1 aliphatic carbocycles. The summed E-state index contributed by atoms with van der Waals surface area (Å²) in [5.74, 6) is 1.97. The van der Waals surface area contributed by atoms with Crippen molar-refractivity contribution >= 4 is 12.3 Å².